The Hall–Kier alpha value is -13.3. The molecule has 6 heterocycles. The molecule has 8 nitrogen and oxygen atoms in total. The fraction of sp³-hybridized carbons (Fsp3) is 0.0217. The maximum absolute atomic E-state index is 6.07. The van der Waals surface area contributed by atoms with Crippen molar-refractivity contribution in [2.45, 2.75) is 13.8 Å². The van der Waals surface area contributed by atoms with E-state index in [1.807, 2.05) is 0 Å². The van der Waals surface area contributed by atoms with Crippen molar-refractivity contribution in [3.63, 3.8) is 0 Å². The van der Waals surface area contributed by atoms with Gasteiger partial charge in [-0.15, -0.1) is 0 Å². The minimum absolute atomic E-state index is 0.488. The van der Waals surface area contributed by atoms with Crippen LogP contribution < -0.4 is 0 Å². The van der Waals surface area contributed by atoms with Crippen molar-refractivity contribution in [1.82, 2.24) is 38.2 Å². The quantitative estimate of drug-likeness (QED) is 0.152. The Kier molecular flexibility index (Phi) is 12.1. The van der Waals surface area contributed by atoms with Crippen LogP contribution in [0.3, 0.4) is 0 Å². The van der Waals surface area contributed by atoms with Gasteiger partial charge in [0.1, 0.15) is 0 Å². The van der Waals surface area contributed by atoms with E-state index in [0.29, 0.717) is 17.5 Å². The van der Waals surface area contributed by atoms with Crippen LogP contribution in [0.2, 0.25) is 0 Å². The van der Waals surface area contributed by atoms with Crippen LogP contribution >= 0.6 is 0 Å². The Morgan fingerprint density at radius 3 is 0.850 bits per heavy atom. The molecule has 0 atom stereocenters. The first-order valence-electron chi connectivity index (χ1n) is 34.2. The number of pyridine rings is 1. The van der Waals surface area contributed by atoms with Crippen LogP contribution in [0.1, 0.15) is 11.4 Å². The molecular formula is C92H58N8. The lowest BCUT2D eigenvalue weighted by Gasteiger charge is -2.31. The second kappa shape index (κ2) is 21.6. The number of aryl methyl sites for hydroxylation is 2. The van der Waals surface area contributed by atoms with Crippen molar-refractivity contribution < 1.29 is 0 Å². The number of para-hydroxylation sites is 4. The van der Waals surface area contributed by atoms with Crippen molar-refractivity contribution in [1.29, 1.82) is 0 Å². The predicted molar refractivity (Wildman–Crippen MR) is 416 cm³/mol. The van der Waals surface area contributed by atoms with E-state index in [4.69, 9.17) is 19.9 Å². The molecular weight excluding hydrogens is 1220 g/mol. The Morgan fingerprint density at radius 1 is 0.210 bits per heavy atom. The zero-order valence-electron chi connectivity index (χ0n) is 54.6. The Labute approximate surface area is 573 Å². The molecule has 0 unspecified atom stereocenters. The van der Waals surface area contributed by atoms with E-state index in [-0.39, 0.29) is 0 Å². The van der Waals surface area contributed by atoms with Crippen molar-refractivity contribution in [2.24, 2.45) is 0 Å². The minimum Gasteiger partial charge on any atom is -0.306 e. The van der Waals surface area contributed by atoms with Crippen LogP contribution in [0.25, 0.3) is 198 Å². The first-order chi connectivity index (χ1) is 49.5. The number of hydrogen-bond donors (Lipinski definition) is 0. The molecule has 0 fully saturated rings. The third kappa shape index (κ3) is 8.04. The van der Waals surface area contributed by atoms with Gasteiger partial charge in [-0.25, -0.2) is 15.0 Å². The third-order valence-electron chi connectivity index (χ3n) is 20.9. The minimum atomic E-state index is 0.488. The van der Waals surface area contributed by atoms with E-state index in [1.54, 1.807) is 0 Å². The zero-order chi connectivity index (χ0) is 65.8. The highest BCUT2D eigenvalue weighted by Gasteiger charge is 2.38. The topological polar surface area (TPSA) is 71.3 Å². The summed E-state index contributed by atoms with van der Waals surface area (Å²) in [6.45, 7) is 4.28. The van der Waals surface area contributed by atoms with Gasteiger partial charge in [-0.1, -0.05) is 285 Å². The summed E-state index contributed by atoms with van der Waals surface area (Å²) in [4.78, 5) is 23.3. The molecule has 0 aliphatic carbocycles. The van der Waals surface area contributed by atoms with E-state index in [9.17, 15) is 0 Å². The number of nitrogens with zero attached hydrogens (tertiary/aromatic N) is 8. The molecule has 0 saturated carbocycles. The largest absolute Gasteiger partial charge is 0.306 e. The lowest BCUT2D eigenvalue weighted by molar-refractivity contribution is 1.01. The molecule has 0 amide bonds. The molecule has 100 heavy (non-hydrogen) atoms. The monoisotopic (exact) mass is 1270 g/mol. The van der Waals surface area contributed by atoms with E-state index in [2.05, 4.69) is 348 Å². The van der Waals surface area contributed by atoms with Crippen LogP contribution in [0.4, 0.5) is 0 Å². The average Bonchev–Trinajstić information content (AvgIpc) is 1.42. The molecule has 0 bridgehead atoms. The Morgan fingerprint density at radius 2 is 0.500 bits per heavy atom. The summed E-state index contributed by atoms with van der Waals surface area (Å²) in [5, 5.41) is 17.9. The van der Waals surface area contributed by atoms with Gasteiger partial charge in [0.15, 0.2) is 17.5 Å². The van der Waals surface area contributed by atoms with Gasteiger partial charge < -0.3 is 18.3 Å². The predicted octanol–water partition coefficient (Wildman–Crippen LogP) is 23.6. The molecule has 21 rings (SSSR count). The number of benzene rings is 15. The van der Waals surface area contributed by atoms with E-state index >= 15 is 0 Å². The summed E-state index contributed by atoms with van der Waals surface area (Å²) in [6.07, 6.45) is 0. The summed E-state index contributed by atoms with van der Waals surface area (Å²) in [6, 6.07) is 116. The molecule has 0 aliphatic rings. The number of fused-ring (bicyclic) bond motifs is 20. The highest BCUT2D eigenvalue weighted by Crippen LogP contribution is 2.56. The van der Waals surface area contributed by atoms with Gasteiger partial charge in [-0.3, -0.25) is 4.98 Å². The first-order valence-corrected chi connectivity index (χ1v) is 34.2. The van der Waals surface area contributed by atoms with Gasteiger partial charge in [0.05, 0.1) is 72.4 Å². The van der Waals surface area contributed by atoms with Crippen molar-refractivity contribution in [2.75, 3.05) is 0 Å². The molecule has 0 saturated heterocycles. The van der Waals surface area contributed by atoms with Gasteiger partial charge in [-0.2, -0.15) is 0 Å². The molecule has 8 heteroatoms. The van der Waals surface area contributed by atoms with Gasteiger partial charge in [-0.05, 0) is 65.7 Å². The molecule has 0 spiro atoms. The van der Waals surface area contributed by atoms with Gasteiger partial charge in [0.2, 0.25) is 0 Å². The molecule has 21 aromatic rings. The summed E-state index contributed by atoms with van der Waals surface area (Å²) in [5.74, 6) is 1.57. The highest BCUT2D eigenvalue weighted by atomic mass is 15.2. The normalized spacial score (nSPS) is 12.1. The molecule has 15 aromatic carbocycles. The van der Waals surface area contributed by atoms with Crippen LogP contribution in [0.5, 0.6) is 0 Å². The van der Waals surface area contributed by atoms with E-state index < -0.39 is 0 Å². The van der Waals surface area contributed by atoms with Crippen molar-refractivity contribution >= 4 is 130 Å². The molecule has 0 N–H and O–H groups in total. The average molecular weight is 1280 g/mol. The second-order valence-electron chi connectivity index (χ2n) is 26.4. The molecule has 6 aromatic heterocycles. The van der Waals surface area contributed by atoms with E-state index in [1.165, 1.54) is 0 Å². The Balaban J connectivity index is 1.18. The van der Waals surface area contributed by atoms with Crippen LogP contribution in [0, 0.1) is 13.8 Å². The van der Waals surface area contributed by atoms with Gasteiger partial charge >= 0.3 is 0 Å². The maximum atomic E-state index is 6.07. The van der Waals surface area contributed by atoms with Crippen LogP contribution in [-0.4, -0.2) is 38.2 Å². The summed E-state index contributed by atoms with van der Waals surface area (Å²) in [7, 11) is 0. The van der Waals surface area contributed by atoms with Gasteiger partial charge in [0.25, 0.3) is 0 Å². The maximum Gasteiger partial charge on any atom is 0.167 e. The highest BCUT2D eigenvalue weighted by molar-refractivity contribution is 6.26. The fourth-order valence-electron chi connectivity index (χ4n) is 16.8. The lowest BCUT2D eigenvalue weighted by Crippen LogP contribution is -2.18. The SMILES string of the molecule is Cc1ccc(-c2c(-c3nc(-c4ccccc4)nc(-c4ccccc4)n3)c(-n3c4ccccc4c4ccc5ccccc5c43)c(-n3c4ccccc4c4ccc5ccccc5c43)c(-n3c4ccccc4c4ccc5ccccc5c43)c2-n2c3ccccc3c3ccc4ccccc4c32)c(C)n1. The zero-order valence-corrected chi connectivity index (χ0v) is 54.6. The standard InChI is InChI=1S/C92H58N8/c1-55-45-50-63(56(2)93-55)80-81(92-95-90(61-29-5-3-6-30-61)94-91(96-92)62-31-7-4-8-32-62)87(98-77-42-22-18-38-69(77)73-52-47-58-26-10-14-34-65(58)83(73)98)89(100-79-44-24-20-40-71(79)75-54-49-60-28-12-16-36-67(60)85(75)100)88(99-78-43-23-19-39-70(78)74-53-48-59-27-11-15-35-66(59)84(74)99)86(80)97-76-41-21-17-37-68(76)72-51-46-57-25-9-13-33-64(57)82(72)97/h3-54H,1-2H3. The number of aromatic nitrogens is 8. The summed E-state index contributed by atoms with van der Waals surface area (Å²) >= 11 is 0. The smallest absolute Gasteiger partial charge is 0.167 e. The molecule has 466 valence electrons. The lowest BCUT2D eigenvalue weighted by atomic mass is 9.90. The fourth-order valence-corrected chi connectivity index (χ4v) is 16.8. The van der Waals surface area contributed by atoms with Crippen molar-refractivity contribution in [3.8, 4) is 68.0 Å². The number of hydrogen-bond acceptors (Lipinski definition) is 4. The van der Waals surface area contributed by atoms with Crippen LogP contribution in [-0.2, 0) is 0 Å². The molecule has 0 aliphatic heterocycles. The van der Waals surface area contributed by atoms with Crippen LogP contribution in [0.15, 0.2) is 315 Å². The Bertz CT molecular complexity index is 6990. The number of rotatable bonds is 8. The first kappa shape index (κ1) is 55.9. The van der Waals surface area contributed by atoms with E-state index in [0.717, 1.165) is 192 Å². The third-order valence-corrected chi connectivity index (χ3v) is 20.9. The summed E-state index contributed by atoms with van der Waals surface area (Å²) < 4.78 is 10.5. The van der Waals surface area contributed by atoms with Crippen molar-refractivity contribution in [3.05, 3.63) is 327 Å². The summed E-state index contributed by atoms with van der Waals surface area (Å²) in [5.41, 5.74) is 18.1. The second-order valence-corrected chi connectivity index (χ2v) is 26.4. The molecule has 0 radical (unpaired) electrons. The van der Waals surface area contributed by atoms with Gasteiger partial charge in [0, 0.05) is 98.3 Å².